The zero-order valence-corrected chi connectivity index (χ0v) is 15.6. The van der Waals surface area contributed by atoms with Crippen molar-refractivity contribution in [3.63, 3.8) is 0 Å². The molecule has 3 rings (SSSR count). The van der Waals surface area contributed by atoms with Crippen LogP contribution in [0.4, 0.5) is 24.3 Å². The Morgan fingerprint density at radius 3 is 2.39 bits per heavy atom. The monoisotopic (exact) mass is 401 g/mol. The predicted octanol–water partition coefficient (Wildman–Crippen LogP) is 5.16. The zero-order valence-electron chi connectivity index (χ0n) is 14.8. The number of halogens is 2. The summed E-state index contributed by atoms with van der Waals surface area (Å²) >= 11 is 1.10. The van der Waals surface area contributed by atoms with Gasteiger partial charge in [0.1, 0.15) is 0 Å². The summed E-state index contributed by atoms with van der Waals surface area (Å²) in [5, 5.41) is 8.56. The lowest BCUT2D eigenvalue weighted by Crippen LogP contribution is -2.26. The second-order valence-electron chi connectivity index (χ2n) is 5.98. The Labute approximate surface area is 164 Å². The van der Waals surface area contributed by atoms with Gasteiger partial charge in [0, 0.05) is 5.69 Å². The fraction of sp³-hybridized carbons (Fsp3) is 0.100. The first kappa shape index (κ1) is 19.5. The number of carbonyl (C=O) groups excluding carboxylic acids is 2. The van der Waals surface area contributed by atoms with Crippen LogP contribution in [0.15, 0.2) is 60.7 Å². The minimum absolute atomic E-state index is 0.376. The third kappa shape index (κ3) is 4.92. The lowest BCUT2D eigenvalue weighted by Gasteiger charge is -2.14. The first-order valence-corrected chi connectivity index (χ1v) is 9.23. The molecule has 0 aliphatic carbocycles. The van der Waals surface area contributed by atoms with Crippen molar-refractivity contribution in [2.24, 2.45) is 0 Å². The maximum Gasteiger partial charge on any atom is 0.324 e. The molecule has 0 spiro atoms. The van der Waals surface area contributed by atoms with E-state index in [4.69, 9.17) is 0 Å². The molecule has 28 heavy (non-hydrogen) atoms. The highest BCUT2D eigenvalue weighted by atomic mass is 32.1. The van der Waals surface area contributed by atoms with E-state index in [2.05, 4.69) is 16.0 Å². The van der Waals surface area contributed by atoms with Crippen LogP contribution in [0.3, 0.4) is 0 Å². The van der Waals surface area contributed by atoms with Crippen LogP contribution in [0.5, 0.6) is 0 Å². The summed E-state index contributed by atoms with van der Waals surface area (Å²) in [6.07, 6.45) is 0. The fourth-order valence-electron chi connectivity index (χ4n) is 2.46. The highest BCUT2D eigenvalue weighted by molar-refractivity contribution is 7.18. The van der Waals surface area contributed by atoms with Gasteiger partial charge in [-0.1, -0.05) is 24.3 Å². The number of hydrogen-bond acceptors (Lipinski definition) is 3. The van der Waals surface area contributed by atoms with E-state index in [0.717, 1.165) is 23.5 Å². The van der Waals surface area contributed by atoms with E-state index in [9.17, 15) is 18.4 Å². The Bertz CT molecular complexity index is 992. The maximum absolute atomic E-state index is 13.3. The Hall–Kier alpha value is -3.26. The van der Waals surface area contributed by atoms with Gasteiger partial charge in [-0.3, -0.25) is 10.1 Å². The topological polar surface area (TPSA) is 70.2 Å². The maximum atomic E-state index is 13.3. The molecule has 0 aliphatic rings. The standard InChI is InChI=1S/C20H17F2N3O2S/c1-12(13-7-8-15(21)16(22)11-13)23-19(26)17-9-10-18(28-17)25-20(27)24-14-5-3-2-4-6-14/h2-12H,1H3,(H,23,26)(H2,24,25,27). The van der Waals surface area contributed by atoms with E-state index in [1.807, 2.05) is 6.07 Å². The summed E-state index contributed by atoms with van der Waals surface area (Å²) in [6, 6.07) is 14.7. The number of thiophene rings is 1. The van der Waals surface area contributed by atoms with Gasteiger partial charge >= 0.3 is 6.03 Å². The molecule has 0 bridgehead atoms. The van der Waals surface area contributed by atoms with Crippen molar-refractivity contribution in [3.8, 4) is 0 Å². The van der Waals surface area contributed by atoms with E-state index in [-0.39, 0.29) is 5.91 Å². The molecular weight excluding hydrogens is 384 g/mol. The van der Waals surface area contributed by atoms with E-state index >= 15 is 0 Å². The minimum Gasteiger partial charge on any atom is -0.345 e. The third-order valence-corrected chi connectivity index (χ3v) is 4.89. The van der Waals surface area contributed by atoms with Crippen LogP contribution in [0.1, 0.15) is 28.2 Å². The van der Waals surface area contributed by atoms with Gasteiger partial charge in [0.25, 0.3) is 5.91 Å². The van der Waals surface area contributed by atoms with Gasteiger partial charge in [0.2, 0.25) is 0 Å². The van der Waals surface area contributed by atoms with Crippen molar-refractivity contribution in [1.29, 1.82) is 0 Å². The van der Waals surface area contributed by atoms with Crippen LogP contribution < -0.4 is 16.0 Å². The molecule has 2 aromatic carbocycles. The van der Waals surface area contributed by atoms with Crippen molar-refractivity contribution >= 4 is 34.0 Å². The molecule has 0 aliphatic heterocycles. The number of anilines is 2. The summed E-state index contributed by atoms with van der Waals surface area (Å²) in [6.45, 7) is 1.67. The van der Waals surface area contributed by atoms with E-state index in [1.54, 1.807) is 43.3 Å². The first-order valence-electron chi connectivity index (χ1n) is 8.41. The average Bonchev–Trinajstić information content (AvgIpc) is 3.13. The van der Waals surface area contributed by atoms with Crippen LogP contribution in [-0.2, 0) is 0 Å². The van der Waals surface area contributed by atoms with Crippen molar-refractivity contribution < 1.29 is 18.4 Å². The second kappa shape index (κ2) is 8.62. The molecule has 144 valence electrons. The van der Waals surface area contributed by atoms with Crippen molar-refractivity contribution in [2.75, 3.05) is 10.6 Å². The Morgan fingerprint density at radius 1 is 0.929 bits per heavy atom. The molecule has 1 atom stereocenters. The number of urea groups is 1. The molecule has 0 fully saturated rings. The van der Waals surface area contributed by atoms with Crippen LogP contribution in [-0.4, -0.2) is 11.9 Å². The van der Waals surface area contributed by atoms with Gasteiger partial charge in [-0.2, -0.15) is 0 Å². The van der Waals surface area contributed by atoms with E-state index < -0.39 is 23.7 Å². The van der Waals surface area contributed by atoms with Crippen molar-refractivity contribution in [2.45, 2.75) is 13.0 Å². The molecule has 3 aromatic rings. The molecular formula is C20H17F2N3O2S. The van der Waals surface area contributed by atoms with Crippen LogP contribution >= 0.6 is 11.3 Å². The number of para-hydroxylation sites is 1. The van der Waals surface area contributed by atoms with Gasteiger partial charge in [0.15, 0.2) is 11.6 Å². The SMILES string of the molecule is CC(NC(=O)c1ccc(NC(=O)Nc2ccccc2)s1)c1ccc(F)c(F)c1. The number of benzene rings is 2. The summed E-state index contributed by atoms with van der Waals surface area (Å²) in [5.41, 5.74) is 1.10. The summed E-state index contributed by atoms with van der Waals surface area (Å²) in [4.78, 5) is 24.8. The lowest BCUT2D eigenvalue weighted by molar-refractivity contribution is 0.0944. The molecule has 0 saturated heterocycles. The van der Waals surface area contributed by atoms with Gasteiger partial charge in [-0.15, -0.1) is 11.3 Å². The van der Waals surface area contributed by atoms with Gasteiger partial charge in [-0.25, -0.2) is 13.6 Å². The number of hydrogen-bond donors (Lipinski definition) is 3. The van der Waals surface area contributed by atoms with Crippen molar-refractivity contribution in [1.82, 2.24) is 5.32 Å². The molecule has 1 unspecified atom stereocenters. The van der Waals surface area contributed by atoms with Crippen molar-refractivity contribution in [3.05, 3.63) is 82.7 Å². The average molecular weight is 401 g/mol. The molecule has 1 heterocycles. The van der Waals surface area contributed by atoms with Crippen LogP contribution in [0.25, 0.3) is 0 Å². The lowest BCUT2D eigenvalue weighted by atomic mass is 10.1. The highest BCUT2D eigenvalue weighted by Crippen LogP contribution is 2.23. The normalized spacial score (nSPS) is 11.5. The Morgan fingerprint density at radius 2 is 1.68 bits per heavy atom. The Kier molecular flexibility index (Phi) is 6.00. The predicted molar refractivity (Wildman–Crippen MR) is 106 cm³/mol. The van der Waals surface area contributed by atoms with Gasteiger partial charge in [0.05, 0.1) is 15.9 Å². The summed E-state index contributed by atoms with van der Waals surface area (Å²) in [5.74, 6) is -2.28. The molecule has 3 amide bonds. The van der Waals surface area contributed by atoms with Crippen LogP contribution in [0.2, 0.25) is 0 Å². The molecule has 0 radical (unpaired) electrons. The largest absolute Gasteiger partial charge is 0.345 e. The fourth-order valence-corrected chi connectivity index (χ4v) is 3.26. The smallest absolute Gasteiger partial charge is 0.324 e. The quantitative estimate of drug-likeness (QED) is 0.553. The molecule has 3 N–H and O–H groups in total. The highest BCUT2D eigenvalue weighted by Gasteiger charge is 2.15. The van der Waals surface area contributed by atoms with Crippen LogP contribution in [0, 0.1) is 11.6 Å². The second-order valence-corrected chi connectivity index (χ2v) is 7.06. The Balaban J connectivity index is 1.58. The molecule has 8 heteroatoms. The molecule has 0 saturated carbocycles. The van der Waals surface area contributed by atoms with E-state index in [0.29, 0.717) is 21.1 Å². The molecule has 5 nitrogen and oxygen atoms in total. The number of nitrogens with one attached hydrogen (secondary N) is 3. The number of carbonyl (C=O) groups is 2. The summed E-state index contributed by atoms with van der Waals surface area (Å²) < 4.78 is 26.4. The third-order valence-electron chi connectivity index (χ3n) is 3.89. The van der Waals surface area contributed by atoms with E-state index in [1.165, 1.54) is 6.07 Å². The number of rotatable bonds is 5. The molecule has 1 aromatic heterocycles. The first-order chi connectivity index (χ1) is 13.4. The van der Waals surface area contributed by atoms with Gasteiger partial charge in [-0.05, 0) is 48.9 Å². The zero-order chi connectivity index (χ0) is 20.1. The summed E-state index contributed by atoms with van der Waals surface area (Å²) in [7, 11) is 0. The van der Waals surface area contributed by atoms with Gasteiger partial charge < -0.3 is 10.6 Å². The number of amides is 3. The minimum atomic E-state index is -0.967.